The van der Waals surface area contributed by atoms with E-state index in [-0.39, 0.29) is 30.2 Å². The lowest BCUT2D eigenvalue weighted by Crippen LogP contribution is -2.52. The van der Waals surface area contributed by atoms with Gasteiger partial charge >= 0.3 is 0 Å². The number of methoxy groups -OCH3 is 1. The van der Waals surface area contributed by atoms with Crippen molar-refractivity contribution >= 4 is 11.8 Å². The molecule has 2 heterocycles. The Morgan fingerprint density at radius 2 is 1.84 bits per heavy atom. The number of aryl methyl sites for hydroxylation is 1. The predicted octanol–water partition coefficient (Wildman–Crippen LogP) is 4.09. The highest BCUT2D eigenvalue weighted by Gasteiger charge is 2.39. The summed E-state index contributed by atoms with van der Waals surface area (Å²) in [7, 11) is 1.64. The van der Waals surface area contributed by atoms with E-state index in [9.17, 15) is 9.59 Å². The third kappa shape index (κ3) is 7.02. The van der Waals surface area contributed by atoms with Crippen molar-refractivity contribution in [1.29, 1.82) is 0 Å². The Morgan fingerprint density at radius 3 is 2.50 bits per heavy atom. The number of H-pyrrole nitrogens is 1. The van der Waals surface area contributed by atoms with E-state index in [0.717, 1.165) is 30.6 Å². The predicted molar refractivity (Wildman–Crippen MR) is 169 cm³/mol. The van der Waals surface area contributed by atoms with Crippen LogP contribution in [-0.4, -0.2) is 44.2 Å². The minimum absolute atomic E-state index is 0.00740. The van der Waals surface area contributed by atoms with Crippen molar-refractivity contribution < 1.29 is 14.3 Å². The Morgan fingerprint density at radius 1 is 1.11 bits per heavy atom. The lowest BCUT2D eigenvalue weighted by molar-refractivity contribution is -0.126. The number of nitrogens with zero attached hydrogens (tertiary/aromatic N) is 3. The smallest absolute Gasteiger partial charge is 0.240 e. The number of aromatic nitrogens is 4. The largest absolute Gasteiger partial charge is 0.497 e. The number of aromatic amines is 1. The molecule has 232 valence electrons. The monoisotopic (exact) mass is 597 g/mol. The van der Waals surface area contributed by atoms with Crippen LogP contribution in [0.2, 0.25) is 0 Å². The molecule has 1 aliphatic rings. The molecule has 0 fully saturated rings. The van der Waals surface area contributed by atoms with E-state index in [1.165, 1.54) is 29.3 Å². The summed E-state index contributed by atoms with van der Waals surface area (Å²) in [6.07, 6.45) is 4.55. The number of nitrogens with one attached hydrogen (secondary N) is 3. The van der Waals surface area contributed by atoms with Gasteiger partial charge in [-0.15, -0.1) is 10.2 Å². The van der Waals surface area contributed by atoms with Crippen molar-refractivity contribution in [3.63, 3.8) is 0 Å². The van der Waals surface area contributed by atoms with Crippen LogP contribution in [0, 0.1) is 12.8 Å². The van der Waals surface area contributed by atoms with Gasteiger partial charge in [0.1, 0.15) is 5.75 Å². The van der Waals surface area contributed by atoms with Crippen molar-refractivity contribution in [3.05, 3.63) is 100 Å². The number of carbonyl (C=O) groups excluding carboxylic acids is 2. The average molecular weight is 598 g/mol. The minimum Gasteiger partial charge on any atom is -0.497 e. The lowest BCUT2D eigenvalue weighted by atomic mass is 9.73. The highest BCUT2D eigenvalue weighted by Crippen LogP contribution is 2.43. The van der Waals surface area contributed by atoms with E-state index >= 15 is 0 Å². The SMILES string of the molecule is COc1ccc(Cn2c(CNC(C)=O)nnc2[C@H](NC(=O)C(C)(C)N)C2Cc3[nH]cc(C)c3C(Cc3ccccc3)C2)cc1. The first-order chi connectivity index (χ1) is 21.0. The Labute approximate surface area is 258 Å². The zero-order chi connectivity index (χ0) is 31.4. The van der Waals surface area contributed by atoms with Crippen molar-refractivity contribution in [2.75, 3.05) is 7.11 Å². The molecule has 0 spiro atoms. The number of rotatable bonds is 11. The maximum absolute atomic E-state index is 13.5. The summed E-state index contributed by atoms with van der Waals surface area (Å²) in [5, 5.41) is 15.3. The van der Waals surface area contributed by atoms with E-state index in [1.54, 1.807) is 21.0 Å². The van der Waals surface area contributed by atoms with Gasteiger partial charge in [0.05, 0.1) is 31.8 Å². The molecule has 0 radical (unpaired) electrons. The maximum Gasteiger partial charge on any atom is 0.240 e. The second-order valence-electron chi connectivity index (χ2n) is 12.4. The number of carbonyl (C=O) groups is 2. The molecule has 2 aromatic heterocycles. The standard InChI is InChI=1S/C34H43N7O3/c1-21-18-37-28-17-26(16-25(30(21)28)15-23-9-7-6-8-10-23)31(38-33(43)34(3,4)35)32-40-39-29(19-36-22(2)42)41(32)20-24-11-13-27(44-5)14-12-24/h6-14,18,25-26,31,37H,15-17,19-20,35H2,1-5H3,(H,36,42)(H,38,43)/t25?,26?,31-/m1/s1. The molecular formula is C34H43N7O3. The molecule has 5 rings (SSSR count). The van der Waals surface area contributed by atoms with Crippen molar-refractivity contribution in [2.45, 2.75) is 77.5 Å². The summed E-state index contributed by atoms with van der Waals surface area (Å²) in [6.45, 7) is 7.70. The maximum atomic E-state index is 13.5. The van der Waals surface area contributed by atoms with Crippen LogP contribution >= 0.6 is 0 Å². The fourth-order valence-electron chi connectivity index (χ4n) is 6.21. The Kier molecular flexibility index (Phi) is 9.20. The van der Waals surface area contributed by atoms with Gasteiger partial charge in [0.15, 0.2) is 11.6 Å². The molecule has 5 N–H and O–H groups in total. The molecule has 0 saturated carbocycles. The second-order valence-corrected chi connectivity index (χ2v) is 12.4. The molecule has 0 aliphatic heterocycles. The Bertz CT molecular complexity index is 1590. The molecular weight excluding hydrogens is 554 g/mol. The topological polar surface area (TPSA) is 140 Å². The number of hydrogen-bond acceptors (Lipinski definition) is 6. The summed E-state index contributed by atoms with van der Waals surface area (Å²) in [5.41, 5.74) is 11.3. The van der Waals surface area contributed by atoms with E-state index in [4.69, 9.17) is 10.5 Å². The Hall–Kier alpha value is -4.44. The number of nitrogens with two attached hydrogens (primary N) is 1. The number of fused-ring (bicyclic) bond motifs is 1. The van der Waals surface area contributed by atoms with Crippen molar-refractivity contribution in [2.24, 2.45) is 11.7 Å². The van der Waals surface area contributed by atoms with Crippen LogP contribution in [0.15, 0.2) is 60.8 Å². The molecule has 10 heteroatoms. The van der Waals surface area contributed by atoms with Gasteiger partial charge in [-0.1, -0.05) is 42.5 Å². The molecule has 2 amide bonds. The van der Waals surface area contributed by atoms with E-state index in [0.29, 0.717) is 18.2 Å². The second kappa shape index (κ2) is 13.1. The molecule has 0 bridgehead atoms. The third-order valence-electron chi connectivity index (χ3n) is 8.47. The fourth-order valence-corrected chi connectivity index (χ4v) is 6.21. The van der Waals surface area contributed by atoms with Gasteiger partial charge in [-0.05, 0) is 86.3 Å². The molecule has 44 heavy (non-hydrogen) atoms. The summed E-state index contributed by atoms with van der Waals surface area (Å²) in [5.74, 6) is 1.82. The summed E-state index contributed by atoms with van der Waals surface area (Å²) in [6, 6.07) is 17.9. The van der Waals surface area contributed by atoms with Crippen molar-refractivity contribution in [1.82, 2.24) is 30.4 Å². The van der Waals surface area contributed by atoms with Crippen LogP contribution < -0.4 is 21.1 Å². The van der Waals surface area contributed by atoms with Gasteiger partial charge in [-0.25, -0.2) is 0 Å². The molecule has 4 aromatic rings. The molecule has 0 saturated heterocycles. The highest BCUT2D eigenvalue weighted by molar-refractivity contribution is 5.85. The number of benzene rings is 2. The number of ether oxygens (including phenoxy) is 1. The zero-order valence-corrected chi connectivity index (χ0v) is 26.2. The van der Waals surface area contributed by atoms with Gasteiger partial charge < -0.3 is 30.7 Å². The summed E-state index contributed by atoms with van der Waals surface area (Å²) in [4.78, 5) is 28.9. The number of amides is 2. The lowest BCUT2D eigenvalue weighted by Gasteiger charge is -2.36. The zero-order valence-electron chi connectivity index (χ0n) is 26.2. The van der Waals surface area contributed by atoms with Gasteiger partial charge in [0.25, 0.3) is 0 Å². The molecule has 10 nitrogen and oxygen atoms in total. The van der Waals surface area contributed by atoms with Crippen molar-refractivity contribution in [3.8, 4) is 5.75 Å². The first-order valence-corrected chi connectivity index (χ1v) is 15.1. The van der Waals surface area contributed by atoms with E-state index < -0.39 is 11.6 Å². The van der Waals surface area contributed by atoms with Crippen LogP contribution in [0.5, 0.6) is 5.75 Å². The van der Waals surface area contributed by atoms with Crippen LogP contribution in [0.25, 0.3) is 0 Å². The van der Waals surface area contributed by atoms with Crippen LogP contribution in [0.4, 0.5) is 0 Å². The molecule has 2 aromatic carbocycles. The Balaban J connectivity index is 1.56. The molecule has 1 aliphatic carbocycles. The quantitative estimate of drug-likeness (QED) is 0.205. The van der Waals surface area contributed by atoms with Gasteiger partial charge in [-0.2, -0.15) is 0 Å². The summed E-state index contributed by atoms with van der Waals surface area (Å²) < 4.78 is 7.36. The fraction of sp³-hybridized carbons (Fsp3) is 0.412. The first kappa shape index (κ1) is 31.0. The normalized spacial score (nSPS) is 17.0. The third-order valence-corrected chi connectivity index (χ3v) is 8.47. The number of hydrogen-bond donors (Lipinski definition) is 4. The van der Waals surface area contributed by atoms with Crippen LogP contribution in [0.3, 0.4) is 0 Å². The first-order valence-electron chi connectivity index (χ1n) is 15.1. The van der Waals surface area contributed by atoms with Gasteiger partial charge in [-0.3, -0.25) is 9.59 Å². The van der Waals surface area contributed by atoms with Gasteiger partial charge in [0.2, 0.25) is 11.8 Å². The van der Waals surface area contributed by atoms with Crippen LogP contribution in [0.1, 0.15) is 78.7 Å². The van der Waals surface area contributed by atoms with E-state index in [2.05, 4.69) is 63.2 Å². The average Bonchev–Trinajstić information content (AvgIpc) is 3.57. The van der Waals surface area contributed by atoms with Gasteiger partial charge in [0, 0.05) is 18.8 Å². The highest BCUT2D eigenvalue weighted by atomic mass is 16.5. The molecule has 3 atom stereocenters. The molecule has 2 unspecified atom stereocenters. The van der Waals surface area contributed by atoms with Crippen LogP contribution in [-0.2, 0) is 35.5 Å². The minimum atomic E-state index is -1.09. The summed E-state index contributed by atoms with van der Waals surface area (Å²) >= 11 is 0. The van der Waals surface area contributed by atoms with E-state index in [1.807, 2.05) is 34.9 Å².